The standard InChI is InChI=1S/C11H15NO3/c1-2-3-4-15-11(14)8-5-9(12)7-10(13)6-8/h5-7,13H,2-4,12H2,1H3. The third-order valence-electron chi connectivity index (χ3n) is 1.91. The highest BCUT2D eigenvalue weighted by Crippen LogP contribution is 2.17. The second-order valence-electron chi connectivity index (χ2n) is 3.30. The van der Waals surface area contributed by atoms with Gasteiger partial charge in [-0.3, -0.25) is 0 Å². The molecule has 0 aliphatic heterocycles. The molecule has 0 heterocycles. The number of unbranched alkanes of at least 4 members (excludes halogenated alkanes) is 1. The molecule has 0 aromatic heterocycles. The van der Waals surface area contributed by atoms with E-state index in [2.05, 4.69) is 0 Å². The highest BCUT2D eigenvalue weighted by molar-refractivity contribution is 5.91. The van der Waals surface area contributed by atoms with E-state index in [4.69, 9.17) is 10.5 Å². The molecule has 0 saturated carbocycles. The van der Waals surface area contributed by atoms with E-state index in [0.717, 1.165) is 12.8 Å². The summed E-state index contributed by atoms with van der Waals surface area (Å²) in [4.78, 5) is 11.4. The first-order chi connectivity index (χ1) is 7.13. The van der Waals surface area contributed by atoms with Gasteiger partial charge in [-0.2, -0.15) is 0 Å². The summed E-state index contributed by atoms with van der Waals surface area (Å²) < 4.78 is 4.97. The van der Waals surface area contributed by atoms with Gasteiger partial charge in [0.05, 0.1) is 12.2 Å². The molecule has 1 aromatic carbocycles. The molecule has 0 bridgehead atoms. The third-order valence-corrected chi connectivity index (χ3v) is 1.91. The molecule has 0 atom stereocenters. The number of carbonyl (C=O) groups is 1. The van der Waals surface area contributed by atoms with E-state index in [9.17, 15) is 9.90 Å². The first-order valence-electron chi connectivity index (χ1n) is 4.90. The molecule has 0 spiro atoms. The quantitative estimate of drug-likeness (QED) is 0.451. The number of ether oxygens (including phenoxy) is 1. The number of aromatic hydroxyl groups is 1. The van der Waals surface area contributed by atoms with Gasteiger partial charge in [0.15, 0.2) is 0 Å². The number of nitrogen functional groups attached to an aromatic ring is 1. The molecule has 0 radical (unpaired) electrons. The molecule has 1 aromatic rings. The Balaban J connectivity index is 2.65. The predicted molar refractivity (Wildman–Crippen MR) is 57.7 cm³/mol. The van der Waals surface area contributed by atoms with Crippen LogP contribution in [0.3, 0.4) is 0 Å². The zero-order valence-corrected chi connectivity index (χ0v) is 8.69. The van der Waals surface area contributed by atoms with Crippen molar-refractivity contribution >= 4 is 11.7 Å². The lowest BCUT2D eigenvalue weighted by molar-refractivity contribution is 0.0499. The molecule has 15 heavy (non-hydrogen) atoms. The summed E-state index contributed by atoms with van der Waals surface area (Å²) in [5.74, 6) is -0.483. The van der Waals surface area contributed by atoms with Gasteiger partial charge in [-0.05, 0) is 18.6 Å². The van der Waals surface area contributed by atoms with Gasteiger partial charge in [-0.15, -0.1) is 0 Å². The van der Waals surface area contributed by atoms with Gasteiger partial charge in [0, 0.05) is 11.8 Å². The maximum atomic E-state index is 11.4. The minimum Gasteiger partial charge on any atom is -0.508 e. The Morgan fingerprint density at radius 3 is 2.80 bits per heavy atom. The number of phenols is 1. The summed E-state index contributed by atoms with van der Waals surface area (Å²) >= 11 is 0. The van der Waals surface area contributed by atoms with E-state index in [1.54, 1.807) is 0 Å². The smallest absolute Gasteiger partial charge is 0.338 e. The summed E-state index contributed by atoms with van der Waals surface area (Å²) in [5, 5.41) is 9.23. The van der Waals surface area contributed by atoms with E-state index in [1.807, 2.05) is 6.92 Å². The molecule has 4 heteroatoms. The second-order valence-corrected chi connectivity index (χ2v) is 3.30. The van der Waals surface area contributed by atoms with Gasteiger partial charge in [0.1, 0.15) is 5.75 Å². The van der Waals surface area contributed by atoms with Crippen molar-refractivity contribution in [1.29, 1.82) is 0 Å². The number of hydrogen-bond acceptors (Lipinski definition) is 4. The number of anilines is 1. The van der Waals surface area contributed by atoms with Crippen LogP contribution in [0.1, 0.15) is 30.1 Å². The van der Waals surface area contributed by atoms with Crippen molar-refractivity contribution in [2.24, 2.45) is 0 Å². The fourth-order valence-corrected chi connectivity index (χ4v) is 1.15. The average Bonchev–Trinajstić information content (AvgIpc) is 2.16. The zero-order valence-electron chi connectivity index (χ0n) is 8.69. The van der Waals surface area contributed by atoms with Crippen molar-refractivity contribution < 1.29 is 14.6 Å². The van der Waals surface area contributed by atoms with Crippen LogP contribution in [0.4, 0.5) is 5.69 Å². The molecule has 1 rings (SSSR count). The van der Waals surface area contributed by atoms with E-state index in [1.165, 1.54) is 18.2 Å². The minimum absolute atomic E-state index is 0.0301. The van der Waals surface area contributed by atoms with Gasteiger partial charge in [-0.1, -0.05) is 13.3 Å². The van der Waals surface area contributed by atoms with E-state index in [0.29, 0.717) is 12.3 Å². The van der Waals surface area contributed by atoms with Gasteiger partial charge in [0.25, 0.3) is 0 Å². The largest absolute Gasteiger partial charge is 0.508 e. The summed E-state index contributed by atoms with van der Waals surface area (Å²) in [6.45, 7) is 2.41. The van der Waals surface area contributed by atoms with Crippen molar-refractivity contribution in [2.45, 2.75) is 19.8 Å². The van der Waals surface area contributed by atoms with Crippen LogP contribution in [0.15, 0.2) is 18.2 Å². The molecule has 0 aliphatic rings. The lowest BCUT2D eigenvalue weighted by Crippen LogP contribution is -2.06. The second kappa shape index (κ2) is 5.24. The van der Waals surface area contributed by atoms with Crippen LogP contribution in [0.25, 0.3) is 0 Å². The van der Waals surface area contributed by atoms with Crippen LogP contribution in [0, 0.1) is 0 Å². The Hall–Kier alpha value is -1.71. The minimum atomic E-state index is -0.453. The zero-order chi connectivity index (χ0) is 11.3. The van der Waals surface area contributed by atoms with Gasteiger partial charge in [0.2, 0.25) is 0 Å². The fourth-order valence-electron chi connectivity index (χ4n) is 1.15. The SMILES string of the molecule is CCCCOC(=O)c1cc(N)cc(O)c1. The molecule has 3 N–H and O–H groups in total. The molecule has 0 aliphatic carbocycles. The van der Waals surface area contributed by atoms with Crippen LogP contribution >= 0.6 is 0 Å². The number of rotatable bonds is 4. The van der Waals surface area contributed by atoms with Crippen LogP contribution in [-0.2, 0) is 4.74 Å². The molecular formula is C11H15NO3. The molecule has 0 saturated heterocycles. The highest BCUT2D eigenvalue weighted by Gasteiger charge is 2.08. The molecule has 82 valence electrons. The number of benzene rings is 1. The normalized spacial score (nSPS) is 9.93. The molecular weight excluding hydrogens is 194 g/mol. The topological polar surface area (TPSA) is 72.5 Å². The van der Waals surface area contributed by atoms with Crippen LogP contribution in [0.2, 0.25) is 0 Å². The fraction of sp³-hybridized carbons (Fsp3) is 0.364. The summed E-state index contributed by atoms with van der Waals surface area (Å²) in [6.07, 6.45) is 1.80. The maximum Gasteiger partial charge on any atom is 0.338 e. The van der Waals surface area contributed by atoms with E-state index < -0.39 is 5.97 Å². The predicted octanol–water partition coefficient (Wildman–Crippen LogP) is 1.93. The van der Waals surface area contributed by atoms with Gasteiger partial charge in [-0.25, -0.2) is 4.79 Å². The van der Waals surface area contributed by atoms with E-state index in [-0.39, 0.29) is 11.3 Å². The highest BCUT2D eigenvalue weighted by atomic mass is 16.5. The monoisotopic (exact) mass is 209 g/mol. The van der Waals surface area contributed by atoms with Crippen molar-refractivity contribution in [3.8, 4) is 5.75 Å². The number of hydrogen-bond donors (Lipinski definition) is 2. The maximum absolute atomic E-state index is 11.4. The number of nitrogens with two attached hydrogens (primary N) is 1. The Bertz CT molecular complexity index is 329. The Kier molecular flexibility index (Phi) is 3.97. The van der Waals surface area contributed by atoms with Crippen molar-refractivity contribution in [1.82, 2.24) is 0 Å². The van der Waals surface area contributed by atoms with Crippen molar-refractivity contribution in [3.05, 3.63) is 23.8 Å². The van der Waals surface area contributed by atoms with Crippen LogP contribution < -0.4 is 5.73 Å². The number of esters is 1. The Morgan fingerprint density at radius 1 is 1.47 bits per heavy atom. The molecule has 0 amide bonds. The molecule has 0 unspecified atom stereocenters. The third kappa shape index (κ3) is 3.50. The van der Waals surface area contributed by atoms with Crippen LogP contribution in [-0.4, -0.2) is 17.7 Å². The lowest BCUT2D eigenvalue weighted by Gasteiger charge is -2.05. The first-order valence-corrected chi connectivity index (χ1v) is 4.90. The summed E-state index contributed by atoms with van der Waals surface area (Å²) in [5.41, 5.74) is 6.11. The Labute approximate surface area is 88.7 Å². The number of carbonyl (C=O) groups excluding carboxylic acids is 1. The molecule has 4 nitrogen and oxygen atoms in total. The number of phenolic OH excluding ortho intramolecular Hbond substituents is 1. The summed E-state index contributed by atoms with van der Waals surface area (Å²) in [7, 11) is 0. The first kappa shape index (κ1) is 11.4. The van der Waals surface area contributed by atoms with Gasteiger partial charge < -0.3 is 15.6 Å². The summed E-state index contributed by atoms with van der Waals surface area (Å²) in [6, 6.07) is 4.20. The Morgan fingerprint density at radius 2 is 2.20 bits per heavy atom. The lowest BCUT2D eigenvalue weighted by atomic mass is 10.2. The van der Waals surface area contributed by atoms with Crippen LogP contribution in [0.5, 0.6) is 5.75 Å². The molecule has 0 fully saturated rings. The average molecular weight is 209 g/mol. The van der Waals surface area contributed by atoms with E-state index >= 15 is 0 Å². The van der Waals surface area contributed by atoms with Crippen molar-refractivity contribution in [2.75, 3.05) is 12.3 Å². The van der Waals surface area contributed by atoms with Crippen molar-refractivity contribution in [3.63, 3.8) is 0 Å². The van der Waals surface area contributed by atoms with Gasteiger partial charge >= 0.3 is 5.97 Å².